The summed E-state index contributed by atoms with van der Waals surface area (Å²) in [6, 6.07) is 0.241. The van der Waals surface area contributed by atoms with Crippen LogP contribution < -0.4 is 21.3 Å². The molecule has 0 aliphatic carbocycles. The van der Waals surface area contributed by atoms with Gasteiger partial charge in [0.15, 0.2) is 11.6 Å². The Balaban J connectivity index is 2.09. The van der Waals surface area contributed by atoms with Crippen LogP contribution in [0.4, 0.5) is 23.3 Å². The SMILES string of the molecule is CCC(C)Nc1nc(N)nc2c1NCN2CC(C)OCP(=O)(O)O. The fraction of sp³-hybridized carbons (Fsp3) is 0.692. The second kappa shape index (κ2) is 7.52. The lowest BCUT2D eigenvalue weighted by Gasteiger charge is -2.22. The molecule has 2 rings (SSSR count). The van der Waals surface area contributed by atoms with Crippen LogP contribution in [-0.4, -0.2) is 51.5 Å². The summed E-state index contributed by atoms with van der Waals surface area (Å²) in [7, 11) is -4.18. The summed E-state index contributed by atoms with van der Waals surface area (Å²) in [6.07, 6.45) is -0.0439. The van der Waals surface area contributed by atoms with Crippen molar-refractivity contribution in [2.24, 2.45) is 0 Å². The van der Waals surface area contributed by atoms with Crippen LogP contribution in [0.15, 0.2) is 0 Å². The van der Waals surface area contributed by atoms with Gasteiger partial charge in [0.25, 0.3) is 0 Å². The molecule has 0 bridgehead atoms. The van der Waals surface area contributed by atoms with E-state index in [1.807, 2.05) is 4.90 Å². The van der Waals surface area contributed by atoms with Gasteiger partial charge in [-0.3, -0.25) is 4.57 Å². The summed E-state index contributed by atoms with van der Waals surface area (Å²) in [4.78, 5) is 28.2. The molecule has 0 spiro atoms. The van der Waals surface area contributed by atoms with Crippen molar-refractivity contribution in [1.29, 1.82) is 0 Å². The Kier molecular flexibility index (Phi) is 5.87. The molecule has 10 nitrogen and oxygen atoms in total. The van der Waals surface area contributed by atoms with Crippen molar-refractivity contribution < 1.29 is 19.1 Å². The largest absolute Gasteiger partial charge is 0.368 e. The first kappa shape index (κ1) is 18.7. The van der Waals surface area contributed by atoms with Gasteiger partial charge in [0, 0.05) is 12.6 Å². The highest BCUT2D eigenvalue weighted by Crippen LogP contribution is 2.37. The summed E-state index contributed by atoms with van der Waals surface area (Å²) in [6.45, 7) is 6.78. The first-order chi connectivity index (χ1) is 11.2. The first-order valence-electron chi connectivity index (χ1n) is 7.78. The minimum Gasteiger partial charge on any atom is -0.368 e. The molecule has 0 saturated heterocycles. The third kappa shape index (κ3) is 4.94. The molecule has 11 heteroatoms. The Morgan fingerprint density at radius 3 is 2.79 bits per heavy atom. The molecule has 0 fully saturated rings. The van der Waals surface area contributed by atoms with Crippen molar-refractivity contribution in [2.75, 3.05) is 40.8 Å². The molecule has 0 aromatic carbocycles. The van der Waals surface area contributed by atoms with Crippen LogP contribution >= 0.6 is 7.60 Å². The minimum atomic E-state index is -4.18. The highest BCUT2D eigenvalue weighted by Gasteiger charge is 2.27. The molecular weight excluding hydrogens is 335 g/mol. The Hall–Kier alpha value is -1.61. The quantitative estimate of drug-likeness (QED) is 0.425. The zero-order valence-corrected chi connectivity index (χ0v) is 15.0. The number of ether oxygens (including phenoxy) is 1. The van der Waals surface area contributed by atoms with Crippen LogP contribution in [0.2, 0.25) is 0 Å². The molecule has 1 aliphatic heterocycles. The predicted molar refractivity (Wildman–Crippen MR) is 93.1 cm³/mol. The number of nitrogen functional groups attached to an aromatic ring is 1. The number of rotatable bonds is 8. The van der Waals surface area contributed by atoms with E-state index >= 15 is 0 Å². The molecule has 1 aromatic heterocycles. The third-order valence-electron chi connectivity index (χ3n) is 3.65. The molecular formula is C13H25N6O4P. The zero-order valence-electron chi connectivity index (χ0n) is 14.1. The van der Waals surface area contributed by atoms with Crippen LogP contribution in [0.5, 0.6) is 0 Å². The van der Waals surface area contributed by atoms with Gasteiger partial charge < -0.3 is 35.8 Å². The number of anilines is 4. The molecule has 6 N–H and O–H groups in total. The van der Waals surface area contributed by atoms with Crippen molar-refractivity contribution in [2.45, 2.75) is 39.3 Å². The number of hydrogen-bond acceptors (Lipinski definition) is 8. The number of aromatic nitrogens is 2. The van der Waals surface area contributed by atoms with E-state index in [-0.39, 0.29) is 18.1 Å². The van der Waals surface area contributed by atoms with E-state index in [0.717, 1.165) is 12.1 Å². The Morgan fingerprint density at radius 1 is 1.46 bits per heavy atom. The van der Waals surface area contributed by atoms with E-state index in [1.165, 1.54) is 0 Å². The average Bonchev–Trinajstić information content (AvgIpc) is 2.87. The Morgan fingerprint density at radius 2 is 2.17 bits per heavy atom. The molecule has 0 radical (unpaired) electrons. The fourth-order valence-corrected chi connectivity index (χ4v) is 2.73. The molecule has 24 heavy (non-hydrogen) atoms. The van der Waals surface area contributed by atoms with E-state index in [9.17, 15) is 4.57 Å². The Labute approximate surface area is 141 Å². The average molecular weight is 360 g/mol. The van der Waals surface area contributed by atoms with Crippen molar-refractivity contribution >= 4 is 30.9 Å². The predicted octanol–water partition coefficient (Wildman–Crippen LogP) is 0.999. The van der Waals surface area contributed by atoms with E-state index < -0.39 is 13.9 Å². The number of nitrogens with two attached hydrogens (primary N) is 1. The maximum Gasteiger partial charge on any atom is 0.350 e. The highest BCUT2D eigenvalue weighted by molar-refractivity contribution is 7.51. The van der Waals surface area contributed by atoms with Crippen molar-refractivity contribution in [3.8, 4) is 0 Å². The Bertz CT molecular complexity index is 625. The standard InChI is InChI=1S/C13H25N6O4P/c1-4-8(2)16-11-10-12(18-13(14)17-11)19(6-15-10)5-9(3)23-7-24(20,21)22/h8-9,15H,4-7H2,1-3H3,(H2,20,21,22)(H3,14,16,17,18). The van der Waals surface area contributed by atoms with Crippen molar-refractivity contribution in [3.05, 3.63) is 0 Å². The summed E-state index contributed by atoms with van der Waals surface area (Å²) in [5, 5.41) is 6.52. The van der Waals surface area contributed by atoms with Gasteiger partial charge in [-0.15, -0.1) is 0 Å². The zero-order chi connectivity index (χ0) is 17.9. The van der Waals surface area contributed by atoms with Crippen LogP contribution in [0.3, 0.4) is 0 Å². The lowest BCUT2D eigenvalue weighted by molar-refractivity contribution is 0.0931. The van der Waals surface area contributed by atoms with E-state index in [2.05, 4.69) is 34.4 Å². The van der Waals surface area contributed by atoms with Crippen LogP contribution in [-0.2, 0) is 9.30 Å². The number of hydrogen-bond donors (Lipinski definition) is 5. The van der Waals surface area contributed by atoms with Gasteiger partial charge in [0.2, 0.25) is 5.95 Å². The van der Waals surface area contributed by atoms with Crippen molar-refractivity contribution in [3.63, 3.8) is 0 Å². The fourth-order valence-electron chi connectivity index (χ4n) is 2.29. The monoisotopic (exact) mass is 360 g/mol. The van der Waals surface area contributed by atoms with Crippen LogP contribution in [0.25, 0.3) is 0 Å². The summed E-state index contributed by atoms with van der Waals surface area (Å²) in [5.74, 6) is 1.47. The van der Waals surface area contributed by atoms with Gasteiger partial charge in [0.1, 0.15) is 12.0 Å². The number of nitrogens with one attached hydrogen (secondary N) is 2. The molecule has 2 heterocycles. The van der Waals surface area contributed by atoms with Gasteiger partial charge in [-0.2, -0.15) is 9.97 Å². The van der Waals surface area contributed by atoms with Gasteiger partial charge in [-0.05, 0) is 20.3 Å². The third-order valence-corrected chi connectivity index (χ3v) is 4.14. The lowest BCUT2D eigenvalue weighted by atomic mass is 10.2. The normalized spacial score (nSPS) is 16.5. The maximum atomic E-state index is 10.9. The highest BCUT2D eigenvalue weighted by atomic mass is 31.2. The minimum absolute atomic E-state index is 0.164. The summed E-state index contributed by atoms with van der Waals surface area (Å²) in [5.41, 5.74) is 6.58. The van der Waals surface area contributed by atoms with Crippen LogP contribution in [0, 0.1) is 0 Å². The van der Waals surface area contributed by atoms with Gasteiger partial charge in [-0.1, -0.05) is 6.92 Å². The lowest BCUT2D eigenvalue weighted by Crippen LogP contribution is -2.32. The summed E-state index contributed by atoms with van der Waals surface area (Å²) >= 11 is 0. The van der Waals surface area contributed by atoms with Gasteiger partial charge in [0.05, 0.1) is 12.8 Å². The number of fused-ring (bicyclic) bond motifs is 1. The summed E-state index contributed by atoms with van der Waals surface area (Å²) < 4.78 is 16.1. The molecule has 1 aliphatic rings. The molecule has 2 unspecified atom stereocenters. The molecule has 1 aromatic rings. The maximum absolute atomic E-state index is 10.9. The molecule has 0 amide bonds. The number of nitrogens with zero attached hydrogens (tertiary/aromatic N) is 3. The topological polar surface area (TPSA) is 146 Å². The van der Waals surface area contributed by atoms with E-state index in [4.69, 9.17) is 20.3 Å². The van der Waals surface area contributed by atoms with Gasteiger partial charge in [-0.25, -0.2) is 0 Å². The van der Waals surface area contributed by atoms with E-state index in [0.29, 0.717) is 24.8 Å². The smallest absolute Gasteiger partial charge is 0.350 e. The second-order valence-electron chi connectivity index (χ2n) is 5.91. The second-order valence-corrected chi connectivity index (χ2v) is 7.50. The van der Waals surface area contributed by atoms with Gasteiger partial charge >= 0.3 is 7.60 Å². The van der Waals surface area contributed by atoms with Crippen molar-refractivity contribution in [1.82, 2.24) is 9.97 Å². The first-order valence-corrected chi connectivity index (χ1v) is 9.58. The van der Waals surface area contributed by atoms with E-state index in [1.54, 1.807) is 6.92 Å². The molecule has 136 valence electrons. The van der Waals surface area contributed by atoms with Crippen LogP contribution in [0.1, 0.15) is 27.2 Å². The molecule has 2 atom stereocenters. The molecule has 0 saturated carbocycles.